The van der Waals surface area contributed by atoms with Crippen LogP contribution in [0.1, 0.15) is 81.6 Å². The summed E-state index contributed by atoms with van der Waals surface area (Å²) in [7, 11) is 0. The molecule has 3 saturated carbocycles. The van der Waals surface area contributed by atoms with Crippen molar-refractivity contribution in [3.63, 3.8) is 0 Å². The van der Waals surface area contributed by atoms with Gasteiger partial charge in [-0.3, -0.25) is 4.79 Å². The predicted octanol–water partition coefficient (Wildman–Crippen LogP) is 8.02. The first-order valence-electron chi connectivity index (χ1n) is 17.8. The lowest BCUT2D eigenvalue weighted by Crippen LogP contribution is -2.67. The Morgan fingerprint density at radius 1 is 0.920 bits per heavy atom. The molecule has 0 radical (unpaired) electrons. The zero-order chi connectivity index (χ0) is 35.7. The number of allylic oxidation sites excluding steroid dienone is 4. The molecule has 3 fully saturated rings. The van der Waals surface area contributed by atoms with Crippen LogP contribution < -0.4 is 4.74 Å². The molecule has 6 aliphatic rings. The van der Waals surface area contributed by atoms with E-state index in [9.17, 15) is 33.0 Å². The number of nitrogens with zero attached hydrogens (tertiary/aromatic N) is 1. The molecule has 268 valence electrons. The molecule has 1 amide bonds. The number of amides is 1. The molecule has 0 saturated heterocycles. The number of aliphatic hydroxyl groups is 2. The summed E-state index contributed by atoms with van der Waals surface area (Å²) in [6.45, 7) is 6.23. The average molecular weight is 694 g/mol. The number of halogens is 3. The molecule has 0 aliphatic heterocycles. The Labute approximate surface area is 291 Å². The van der Waals surface area contributed by atoms with Crippen molar-refractivity contribution >= 4 is 11.9 Å². The second-order valence-corrected chi connectivity index (χ2v) is 15.8. The molecule has 10 heteroatoms. The van der Waals surface area contributed by atoms with Crippen LogP contribution in [0.5, 0.6) is 5.75 Å². The van der Waals surface area contributed by atoms with E-state index >= 15 is 0 Å². The van der Waals surface area contributed by atoms with Crippen molar-refractivity contribution in [2.45, 2.75) is 90.3 Å². The number of aliphatic hydroxyl groups excluding tert-OH is 1. The lowest BCUT2D eigenvalue weighted by molar-refractivity contribution is -0.274. The average Bonchev–Trinajstić information content (AvgIpc) is 3.34. The summed E-state index contributed by atoms with van der Waals surface area (Å²) in [4.78, 5) is 29.5. The first-order chi connectivity index (χ1) is 23.6. The normalized spacial score (nSPS) is 36.9. The van der Waals surface area contributed by atoms with E-state index in [2.05, 4.69) is 36.8 Å². The first-order valence-corrected chi connectivity index (χ1v) is 17.8. The molecule has 8 atom stereocenters. The Balaban J connectivity index is 1.25. The first kappa shape index (κ1) is 34.8. The minimum Gasteiger partial charge on any atom is -0.450 e. The number of alkyl halides is 3. The van der Waals surface area contributed by atoms with Gasteiger partial charge in [0, 0.05) is 33.9 Å². The molecule has 6 aliphatic carbocycles. The van der Waals surface area contributed by atoms with E-state index in [0.29, 0.717) is 43.2 Å². The van der Waals surface area contributed by atoms with Crippen LogP contribution in [0.25, 0.3) is 0 Å². The molecule has 2 bridgehead atoms. The van der Waals surface area contributed by atoms with E-state index in [0.717, 1.165) is 18.4 Å². The van der Waals surface area contributed by atoms with Gasteiger partial charge in [-0.05, 0) is 86.8 Å². The van der Waals surface area contributed by atoms with Crippen LogP contribution in [0.2, 0.25) is 0 Å². The summed E-state index contributed by atoms with van der Waals surface area (Å²) >= 11 is 0. The summed E-state index contributed by atoms with van der Waals surface area (Å²) in [5.74, 6) is -0.373. The Morgan fingerprint density at radius 3 is 2.26 bits per heavy atom. The Morgan fingerprint density at radius 2 is 1.58 bits per heavy atom. The SMILES string of the molecule is CCOC(=O)N(Cc1ccc(OC(F)(F)F)cc1)C[C@]1(O)CC[C@H]2[C@]34C=C[C@@]5(C=C3C(=O)c3ccccc3)CC(O)CC[C@]5(C)[C@H]4CC[C@@]21C. The number of hydrogen-bond acceptors (Lipinski definition) is 6. The molecule has 2 aromatic rings. The van der Waals surface area contributed by atoms with Gasteiger partial charge in [-0.2, -0.15) is 0 Å². The summed E-state index contributed by atoms with van der Waals surface area (Å²) in [5.41, 5.74) is -1.37. The number of hydrogen-bond donors (Lipinski definition) is 2. The van der Waals surface area contributed by atoms with Crippen LogP contribution in [0.4, 0.5) is 18.0 Å². The number of carbonyl (C=O) groups is 2. The molecule has 1 unspecified atom stereocenters. The minimum absolute atomic E-state index is 0.0163. The highest BCUT2D eigenvalue weighted by molar-refractivity contribution is 6.10. The van der Waals surface area contributed by atoms with E-state index in [1.165, 1.54) is 29.2 Å². The van der Waals surface area contributed by atoms with Crippen molar-refractivity contribution in [1.82, 2.24) is 4.90 Å². The van der Waals surface area contributed by atoms with Gasteiger partial charge in [-0.25, -0.2) is 4.79 Å². The molecule has 7 nitrogen and oxygen atoms in total. The van der Waals surface area contributed by atoms with Crippen molar-refractivity contribution in [2.75, 3.05) is 13.2 Å². The van der Waals surface area contributed by atoms with Gasteiger partial charge in [0.15, 0.2) is 5.78 Å². The highest BCUT2D eigenvalue weighted by Gasteiger charge is 2.74. The second kappa shape index (κ2) is 12.0. The third-order valence-corrected chi connectivity index (χ3v) is 13.5. The van der Waals surface area contributed by atoms with Crippen LogP contribution in [0.15, 0.2) is 78.4 Å². The van der Waals surface area contributed by atoms with Crippen LogP contribution in [-0.4, -0.2) is 58.2 Å². The van der Waals surface area contributed by atoms with Gasteiger partial charge in [0.25, 0.3) is 0 Å². The van der Waals surface area contributed by atoms with Crippen molar-refractivity contribution in [3.05, 3.63) is 89.5 Å². The summed E-state index contributed by atoms with van der Waals surface area (Å²) in [5, 5.41) is 23.7. The zero-order valence-electron chi connectivity index (χ0n) is 28.8. The number of Topliss-reactive ketones (excluding diaryl/α,β-unsaturated/α-hetero) is 1. The smallest absolute Gasteiger partial charge is 0.450 e. The molecule has 2 spiro atoms. The third-order valence-electron chi connectivity index (χ3n) is 13.5. The number of carbonyl (C=O) groups excluding carboxylic acids is 2. The van der Waals surface area contributed by atoms with E-state index < -0.39 is 40.4 Å². The Kier molecular flexibility index (Phi) is 8.33. The zero-order valence-corrected chi connectivity index (χ0v) is 28.8. The van der Waals surface area contributed by atoms with Crippen LogP contribution >= 0.6 is 0 Å². The quantitative estimate of drug-likeness (QED) is 0.215. The van der Waals surface area contributed by atoms with E-state index in [-0.39, 0.29) is 48.5 Å². The predicted molar refractivity (Wildman–Crippen MR) is 180 cm³/mol. The fourth-order valence-corrected chi connectivity index (χ4v) is 11.1. The monoisotopic (exact) mass is 693 g/mol. The summed E-state index contributed by atoms with van der Waals surface area (Å²) in [6.07, 6.45) is 5.42. The molecular weight excluding hydrogens is 647 g/mol. The molecule has 2 N–H and O–H groups in total. The maximum absolute atomic E-state index is 14.6. The Bertz CT molecular complexity index is 1710. The fraction of sp³-hybridized carbons (Fsp3) is 0.550. The van der Waals surface area contributed by atoms with Crippen molar-refractivity contribution in [2.24, 2.45) is 33.5 Å². The van der Waals surface area contributed by atoms with Crippen LogP contribution in [-0.2, 0) is 11.3 Å². The highest BCUT2D eigenvalue weighted by atomic mass is 19.4. The molecule has 0 heterocycles. The van der Waals surface area contributed by atoms with E-state index in [1.54, 1.807) is 6.92 Å². The summed E-state index contributed by atoms with van der Waals surface area (Å²) < 4.78 is 47.7. The van der Waals surface area contributed by atoms with Gasteiger partial charge in [0.1, 0.15) is 5.75 Å². The van der Waals surface area contributed by atoms with Crippen molar-refractivity contribution < 1.29 is 42.4 Å². The van der Waals surface area contributed by atoms with Gasteiger partial charge >= 0.3 is 12.5 Å². The van der Waals surface area contributed by atoms with Gasteiger partial charge < -0.3 is 24.6 Å². The molecule has 8 rings (SSSR count). The maximum atomic E-state index is 14.6. The topological polar surface area (TPSA) is 96.3 Å². The largest absolute Gasteiger partial charge is 0.573 e. The molecular formula is C40H46F3NO6. The lowest BCUT2D eigenvalue weighted by atomic mass is 9.32. The number of ketones is 1. The molecule has 50 heavy (non-hydrogen) atoms. The molecule has 2 aromatic carbocycles. The maximum Gasteiger partial charge on any atom is 0.573 e. The van der Waals surface area contributed by atoms with Crippen molar-refractivity contribution in [1.29, 1.82) is 0 Å². The third kappa shape index (κ3) is 5.23. The lowest BCUT2D eigenvalue weighted by Gasteiger charge is -2.71. The minimum atomic E-state index is -4.82. The van der Waals surface area contributed by atoms with Gasteiger partial charge in [0.2, 0.25) is 0 Å². The number of benzene rings is 2. The van der Waals surface area contributed by atoms with Crippen molar-refractivity contribution in [3.8, 4) is 5.75 Å². The van der Waals surface area contributed by atoms with Gasteiger partial charge in [-0.15, -0.1) is 13.2 Å². The van der Waals surface area contributed by atoms with Gasteiger partial charge in [-0.1, -0.05) is 74.5 Å². The number of ether oxygens (including phenoxy) is 2. The molecule has 0 aromatic heterocycles. The summed E-state index contributed by atoms with van der Waals surface area (Å²) in [6, 6.07) is 14.7. The van der Waals surface area contributed by atoms with E-state index in [4.69, 9.17) is 4.74 Å². The highest BCUT2D eigenvalue weighted by Crippen LogP contribution is 2.78. The standard InChI is InChI=1S/C40H46F3NO6/c1-4-49-34(47)44(24-26-10-12-29(13-11-26)50-40(41,42)43)25-38(48)19-16-32-36(38,3)18-15-31-35(2)17-14-28(45)22-37(35)20-21-39(31,32)30(23-37)33(46)27-8-6-5-7-9-27/h5-13,20-21,23,28,31-32,45,48H,4,14-19,22,24-25H2,1-3H3/t28?,31-,32-,35-,36+,37+,38-,39-/m1/s1. The van der Waals surface area contributed by atoms with Crippen LogP contribution in [0, 0.1) is 33.5 Å². The number of fused-ring (bicyclic) bond motifs is 1. The van der Waals surface area contributed by atoms with Gasteiger partial charge in [0.05, 0.1) is 24.9 Å². The van der Waals surface area contributed by atoms with Crippen LogP contribution in [0.3, 0.4) is 0 Å². The van der Waals surface area contributed by atoms with E-state index in [1.807, 2.05) is 30.3 Å². The fourth-order valence-electron chi connectivity index (χ4n) is 11.1. The number of rotatable bonds is 8. The second-order valence-electron chi connectivity index (χ2n) is 15.8. The Hall–Kier alpha value is -3.63.